The Balaban J connectivity index is 2.90. The van der Waals surface area contributed by atoms with E-state index in [9.17, 15) is 8.42 Å². The lowest BCUT2D eigenvalue weighted by Gasteiger charge is -2.22. The summed E-state index contributed by atoms with van der Waals surface area (Å²) in [5.74, 6) is 0. The van der Waals surface area contributed by atoms with Gasteiger partial charge in [-0.15, -0.1) is 0 Å². The minimum Gasteiger partial charge on any atom is -0.242 e. The van der Waals surface area contributed by atoms with E-state index in [1.54, 1.807) is 11.8 Å². The first-order valence-electron chi connectivity index (χ1n) is 5.04. The fourth-order valence-electron chi connectivity index (χ4n) is 0.975. The van der Waals surface area contributed by atoms with E-state index in [-0.39, 0.29) is 19.8 Å². The molecule has 1 N–H and O–H groups in total. The molecular weight excluding hydrogens is 315 g/mol. The third-order valence-electron chi connectivity index (χ3n) is 2.32. The summed E-state index contributed by atoms with van der Waals surface area (Å²) >= 11 is 13.0. The van der Waals surface area contributed by atoms with Gasteiger partial charge < -0.3 is 0 Å². The van der Waals surface area contributed by atoms with Crippen LogP contribution in [0.1, 0.15) is 13.8 Å². The summed E-state index contributed by atoms with van der Waals surface area (Å²) in [6.07, 6.45) is 3.11. The summed E-state index contributed by atoms with van der Waals surface area (Å²) in [6.45, 7) is 4.22. The summed E-state index contributed by atoms with van der Waals surface area (Å²) in [5.41, 5.74) is 0. The number of hydrogen-bond acceptors (Lipinski definition) is 4. The Morgan fingerprint density at radius 2 is 2.06 bits per heavy atom. The first kappa shape index (κ1) is 16.0. The van der Waals surface area contributed by atoms with E-state index < -0.39 is 10.0 Å². The SMILES string of the molecule is CSC(C)(C)CNS(=O)(=O)c1cnc(Cl)c(Cl)c1. The molecule has 0 amide bonds. The van der Waals surface area contributed by atoms with E-state index >= 15 is 0 Å². The van der Waals surface area contributed by atoms with E-state index in [4.69, 9.17) is 23.2 Å². The molecular formula is C10H14Cl2N2O2S2. The zero-order chi connectivity index (χ0) is 14.0. The summed E-state index contributed by atoms with van der Waals surface area (Å²) in [7, 11) is -3.61. The molecule has 1 aromatic rings. The molecule has 0 aliphatic heterocycles. The van der Waals surface area contributed by atoms with Crippen LogP contribution in [-0.4, -0.2) is 30.9 Å². The first-order chi connectivity index (χ1) is 8.18. The number of halogens is 2. The molecule has 8 heteroatoms. The Morgan fingerprint density at radius 1 is 1.44 bits per heavy atom. The molecule has 0 saturated heterocycles. The standard InChI is InChI=1S/C10H14Cl2N2O2S2/c1-10(2,17-3)6-14-18(15,16)7-4-8(11)9(12)13-5-7/h4-5,14H,6H2,1-3H3. The molecule has 102 valence electrons. The summed E-state index contributed by atoms with van der Waals surface area (Å²) in [6, 6.07) is 1.28. The molecule has 1 aromatic heterocycles. The highest BCUT2D eigenvalue weighted by molar-refractivity contribution is 8.00. The molecule has 0 bridgehead atoms. The van der Waals surface area contributed by atoms with Crippen LogP contribution in [0.3, 0.4) is 0 Å². The number of nitrogens with one attached hydrogen (secondary N) is 1. The minimum atomic E-state index is -3.61. The van der Waals surface area contributed by atoms with Gasteiger partial charge in [0, 0.05) is 17.5 Å². The van der Waals surface area contributed by atoms with E-state index in [0.29, 0.717) is 6.54 Å². The van der Waals surface area contributed by atoms with Crippen molar-refractivity contribution in [3.8, 4) is 0 Å². The van der Waals surface area contributed by atoms with E-state index in [1.165, 1.54) is 12.3 Å². The van der Waals surface area contributed by atoms with E-state index in [2.05, 4.69) is 9.71 Å². The van der Waals surface area contributed by atoms with Crippen LogP contribution in [-0.2, 0) is 10.0 Å². The quantitative estimate of drug-likeness (QED) is 0.844. The largest absolute Gasteiger partial charge is 0.242 e. The van der Waals surface area contributed by atoms with Gasteiger partial charge in [-0.1, -0.05) is 23.2 Å². The average molecular weight is 329 g/mol. The van der Waals surface area contributed by atoms with Gasteiger partial charge >= 0.3 is 0 Å². The predicted molar refractivity (Wildman–Crippen MR) is 77.0 cm³/mol. The lowest BCUT2D eigenvalue weighted by molar-refractivity contribution is 0.570. The Labute approximate surface area is 122 Å². The number of hydrogen-bond donors (Lipinski definition) is 1. The zero-order valence-corrected chi connectivity index (χ0v) is 13.3. The molecule has 0 aliphatic carbocycles. The fraction of sp³-hybridized carbons (Fsp3) is 0.500. The second kappa shape index (κ2) is 5.96. The van der Waals surface area contributed by atoms with Crippen LogP contribution in [0.15, 0.2) is 17.2 Å². The van der Waals surface area contributed by atoms with Gasteiger partial charge in [0.25, 0.3) is 0 Å². The molecule has 1 heterocycles. The van der Waals surface area contributed by atoms with Crippen molar-refractivity contribution in [2.75, 3.05) is 12.8 Å². The number of nitrogens with zero attached hydrogens (tertiary/aromatic N) is 1. The molecule has 0 unspecified atom stereocenters. The lowest BCUT2D eigenvalue weighted by atomic mass is 10.2. The third kappa shape index (κ3) is 4.28. The normalized spacial score (nSPS) is 12.7. The van der Waals surface area contributed by atoms with Crippen LogP contribution < -0.4 is 4.72 Å². The highest BCUT2D eigenvalue weighted by Gasteiger charge is 2.22. The Bertz CT molecular complexity index is 533. The third-order valence-corrected chi connectivity index (χ3v) is 5.63. The molecule has 0 aromatic carbocycles. The smallest absolute Gasteiger partial charge is 0.242 e. The summed E-state index contributed by atoms with van der Waals surface area (Å²) in [4.78, 5) is 3.73. The first-order valence-corrected chi connectivity index (χ1v) is 8.50. The van der Waals surface area contributed by atoms with Crippen molar-refractivity contribution < 1.29 is 8.42 Å². The van der Waals surface area contributed by atoms with Gasteiger partial charge in [0.2, 0.25) is 10.0 Å². The maximum atomic E-state index is 12.0. The molecule has 4 nitrogen and oxygen atoms in total. The van der Waals surface area contributed by atoms with Gasteiger partial charge in [0.05, 0.1) is 5.02 Å². The molecule has 18 heavy (non-hydrogen) atoms. The lowest BCUT2D eigenvalue weighted by Crippen LogP contribution is -2.36. The van der Waals surface area contributed by atoms with Crippen molar-refractivity contribution in [1.82, 2.24) is 9.71 Å². The number of sulfonamides is 1. The molecule has 0 radical (unpaired) electrons. The van der Waals surface area contributed by atoms with Crippen molar-refractivity contribution in [3.05, 3.63) is 22.4 Å². The van der Waals surface area contributed by atoms with Crippen LogP contribution in [0, 0.1) is 0 Å². The van der Waals surface area contributed by atoms with Gasteiger partial charge in [0.1, 0.15) is 10.0 Å². The van der Waals surface area contributed by atoms with Gasteiger partial charge in [0.15, 0.2) is 0 Å². The van der Waals surface area contributed by atoms with Crippen molar-refractivity contribution >= 4 is 45.0 Å². The Hall–Kier alpha value is -0.0100. The highest BCUT2D eigenvalue weighted by Crippen LogP contribution is 2.23. The summed E-state index contributed by atoms with van der Waals surface area (Å²) < 4.78 is 26.3. The molecule has 0 aliphatic rings. The predicted octanol–water partition coefficient (Wildman–Crippen LogP) is 2.81. The fourth-order valence-corrected chi connectivity index (χ4v) is 2.80. The maximum absolute atomic E-state index is 12.0. The number of aromatic nitrogens is 1. The van der Waals surface area contributed by atoms with E-state index in [0.717, 1.165) is 0 Å². The molecule has 0 atom stereocenters. The van der Waals surface area contributed by atoms with Crippen LogP contribution >= 0.6 is 35.0 Å². The molecule has 1 rings (SSSR count). The van der Waals surface area contributed by atoms with Crippen molar-refractivity contribution in [2.24, 2.45) is 0 Å². The maximum Gasteiger partial charge on any atom is 0.242 e. The highest BCUT2D eigenvalue weighted by atomic mass is 35.5. The van der Waals surface area contributed by atoms with Crippen LogP contribution in [0.2, 0.25) is 10.2 Å². The van der Waals surface area contributed by atoms with Crippen molar-refractivity contribution in [3.63, 3.8) is 0 Å². The van der Waals surface area contributed by atoms with E-state index in [1.807, 2.05) is 20.1 Å². The molecule has 0 fully saturated rings. The monoisotopic (exact) mass is 328 g/mol. The number of rotatable bonds is 5. The topological polar surface area (TPSA) is 59.1 Å². The van der Waals surface area contributed by atoms with Crippen LogP contribution in [0.25, 0.3) is 0 Å². The second-order valence-electron chi connectivity index (χ2n) is 4.23. The zero-order valence-electron chi connectivity index (χ0n) is 10.2. The van der Waals surface area contributed by atoms with Crippen molar-refractivity contribution in [2.45, 2.75) is 23.5 Å². The van der Waals surface area contributed by atoms with Gasteiger partial charge in [-0.2, -0.15) is 11.8 Å². The minimum absolute atomic E-state index is 0.00815. The van der Waals surface area contributed by atoms with Crippen LogP contribution in [0.5, 0.6) is 0 Å². The van der Waals surface area contributed by atoms with Crippen LogP contribution in [0.4, 0.5) is 0 Å². The molecule has 0 spiro atoms. The van der Waals surface area contributed by atoms with Crippen molar-refractivity contribution in [1.29, 1.82) is 0 Å². The average Bonchev–Trinajstić information content (AvgIpc) is 2.30. The van der Waals surface area contributed by atoms with Gasteiger partial charge in [-0.3, -0.25) is 0 Å². The summed E-state index contributed by atoms with van der Waals surface area (Å²) in [5, 5.41) is 0.198. The Morgan fingerprint density at radius 3 is 2.56 bits per heavy atom. The second-order valence-corrected chi connectivity index (χ2v) is 8.28. The molecule has 0 saturated carbocycles. The van der Waals surface area contributed by atoms with Gasteiger partial charge in [-0.05, 0) is 26.2 Å². The number of thioether (sulfide) groups is 1. The Kier molecular flexibility index (Phi) is 5.32. The van der Waals surface area contributed by atoms with Gasteiger partial charge in [-0.25, -0.2) is 18.1 Å². The number of pyridine rings is 1.